The molecule has 0 amide bonds. The maximum atomic E-state index is 6.16. The van der Waals surface area contributed by atoms with Gasteiger partial charge in [-0.05, 0) is 45.3 Å². The van der Waals surface area contributed by atoms with Crippen LogP contribution < -0.4 is 4.74 Å². The van der Waals surface area contributed by atoms with Crippen LogP contribution in [0.2, 0.25) is 0 Å². The van der Waals surface area contributed by atoms with Gasteiger partial charge in [0.1, 0.15) is 19.1 Å². The SMILES string of the molecule is COCn1nc(-c2c(Br)cccc2OCc2ccccc2)cc1-c1ccccc1. The highest BCUT2D eigenvalue weighted by atomic mass is 79.9. The second-order valence-corrected chi connectivity index (χ2v) is 7.44. The van der Waals surface area contributed by atoms with Crippen molar-refractivity contribution in [1.82, 2.24) is 9.78 Å². The number of ether oxygens (including phenoxy) is 2. The van der Waals surface area contributed by atoms with Crippen LogP contribution in [0, 0.1) is 0 Å². The Kier molecular flexibility index (Phi) is 6.08. The number of hydrogen-bond donors (Lipinski definition) is 0. The highest BCUT2D eigenvalue weighted by Gasteiger charge is 2.17. The first-order valence-electron chi connectivity index (χ1n) is 9.34. The fourth-order valence-corrected chi connectivity index (χ4v) is 3.76. The van der Waals surface area contributed by atoms with Gasteiger partial charge in [-0.2, -0.15) is 5.10 Å². The van der Waals surface area contributed by atoms with Crippen molar-refractivity contribution in [3.63, 3.8) is 0 Å². The summed E-state index contributed by atoms with van der Waals surface area (Å²) in [5.74, 6) is 0.782. The molecule has 0 aliphatic carbocycles. The van der Waals surface area contributed by atoms with Crippen molar-refractivity contribution in [3.05, 3.63) is 95.0 Å². The second-order valence-electron chi connectivity index (χ2n) is 6.59. The molecule has 4 aromatic rings. The van der Waals surface area contributed by atoms with Gasteiger partial charge in [-0.15, -0.1) is 0 Å². The molecule has 0 saturated heterocycles. The molecule has 0 aliphatic heterocycles. The van der Waals surface area contributed by atoms with Crippen molar-refractivity contribution >= 4 is 15.9 Å². The normalized spacial score (nSPS) is 10.8. The first-order valence-corrected chi connectivity index (χ1v) is 10.1. The Hall–Kier alpha value is -2.89. The van der Waals surface area contributed by atoms with Crippen LogP contribution in [0.25, 0.3) is 22.5 Å². The Balaban J connectivity index is 1.73. The van der Waals surface area contributed by atoms with Crippen LogP contribution in [0.4, 0.5) is 0 Å². The molecule has 0 saturated carbocycles. The van der Waals surface area contributed by atoms with Gasteiger partial charge in [0.05, 0.1) is 17.0 Å². The molecule has 0 bridgehead atoms. The zero-order chi connectivity index (χ0) is 20.1. The first-order chi connectivity index (χ1) is 14.3. The summed E-state index contributed by atoms with van der Waals surface area (Å²) in [6.07, 6.45) is 0. The maximum absolute atomic E-state index is 6.16. The third-order valence-electron chi connectivity index (χ3n) is 4.57. The molecule has 0 spiro atoms. The van der Waals surface area contributed by atoms with E-state index in [1.54, 1.807) is 7.11 Å². The Morgan fingerprint density at radius 2 is 1.62 bits per heavy atom. The summed E-state index contributed by atoms with van der Waals surface area (Å²) in [4.78, 5) is 0. The smallest absolute Gasteiger partial charge is 0.139 e. The van der Waals surface area contributed by atoms with E-state index in [4.69, 9.17) is 14.6 Å². The predicted octanol–water partition coefficient (Wildman–Crippen LogP) is 6.16. The summed E-state index contributed by atoms with van der Waals surface area (Å²) >= 11 is 3.68. The molecule has 0 atom stereocenters. The van der Waals surface area contributed by atoms with E-state index in [-0.39, 0.29) is 0 Å². The van der Waals surface area contributed by atoms with Gasteiger partial charge in [0.2, 0.25) is 0 Å². The zero-order valence-electron chi connectivity index (χ0n) is 16.1. The Labute approximate surface area is 178 Å². The molecule has 0 N–H and O–H groups in total. The van der Waals surface area contributed by atoms with Crippen molar-refractivity contribution in [2.24, 2.45) is 0 Å². The molecule has 0 fully saturated rings. The van der Waals surface area contributed by atoms with Crippen LogP contribution in [0.3, 0.4) is 0 Å². The van der Waals surface area contributed by atoms with Crippen LogP contribution >= 0.6 is 15.9 Å². The lowest BCUT2D eigenvalue weighted by molar-refractivity contribution is 0.122. The first kappa shape index (κ1) is 19.4. The molecule has 1 aromatic heterocycles. The van der Waals surface area contributed by atoms with Gasteiger partial charge in [-0.1, -0.05) is 66.7 Å². The molecular formula is C24H21BrN2O2. The minimum atomic E-state index is 0.370. The molecule has 1 heterocycles. The average molecular weight is 449 g/mol. The summed E-state index contributed by atoms with van der Waals surface area (Å²) in [6.45, 7) is 0.865. The number of rotatable bonds is 7. The van der Waals surface area contributed by atoms with Crippen LogP contribution in [-0.4, -0.2) is 16.9 Å². The van der Waals surface area contributed by atoms with E-state index in [1.165, 1.54) is 0 Å². The molecule has 29 heavy (non-hydrogen) atoms. The van der Waals surface area contributed by atoms with Gasteiger partial charge >= 0.3 is 0 Å². The van der Waals surface area contributed by atoms with Gasteiger partial charge in [0, 0.05) is 11.6 Å². The maximum Gasteiger partial charge on any atom is 0.139 e. The van der Waals surface area contributed by atoms with Crippen molar-refractivity contribution in [2.45, 2.75) is 13.3 Å². The molecule has 0 unspecified atom stereocenters. The minimum Gasteiger partial charge on any atom is -0.488 e. The number of nitrogens with zero attached hydrogens (tertiary/aromatic N) is 2. The lowest BCUT2D eigenvalue weighted by Crippen LogP contribution is -2.04. The molecule has 4 nitrogen and oxygen atoms in total. The summed E-state index contributed by atoms with van der Waals surface area (Å²) < 4.78 is 14.3. The number of aromatic nitrogens is 2. The van der Waals surface area contributed by atoms with E-state index in [2.05, 4.69) is 46.3 Å². The lowest BCUT2D eigenvalue weighted by atomic mass is 10.1. The van der Waals surface area contributed by atoms with Gasteiger partial charge in [-0.3, -0.25) is 0 Å². The van der Waals surface area contributed by atoms with Gasteiger partial charge in [-0.25, -0.2) is 4.68 Å². The topological polar surface area (TPSA) is 36.3 Å². The summed E-state index contributed by atoms with van der Waals surface area (Å²) in [5, 5.41) is 4.80. The Morgan fingerprint density at radius 3 is 2.34 bits per heavy atom. The third-order valence-corrected chi connectivity index (χ3v) is 5.23. The van der Waals surface area contributed by atoms with E-state index >= 15 is 0 Å². The zero-order valence-corrected chi connectivity index (χ0v) is 17.7. The Morgan fingerprint density at radius 1 is 0.897 bits per heavy atom. The quantitative estimate of drug-likeness (QED) is 0.339. The highest BCUT2D eigenvalue weighted by Crippen LogP contribution is 2.38. The molecule has 146 valence electrons. The monoisotopic (exact) mass is 448 g/mol. The highest BCUT2D eigenvalue weighted by molar-refractivity contribution is 9.10. The largest absolute Gasteiger partial charge is 0.488 e. The van der Waals surface area contributed by atoms with Crippen molar-refractivity contribution in [3.8, 4) is 28.3 Å². The van der Waals surface area contributed by atoms with Crippen molar-refractivity contribution in [2.75, 3.05) is 7.11 Å². The molecule has 3 aromatic carbocycles. The molecule has 0 radical (unpaired) electrons. The van der Waals surface area contributed by atoms with E-state index in [1.807, 2.05) is 59.3 Å². The molecule has 4 rings (SSSR count). The standard InChI is InChI=1S/C24H21BrN2O2/c1-28-17-27-22(19-11-6-3-7-12-19)15-21(26-27)24-20(25)13-8-14-23(24)29-16-18-9-4-2-5-10-18/h2-15H,16-17H2,1H3. The molecular weight excluding hydrogens is 428 g/mol. The van der Waals surface area contributed by atoms with Gasteiger partial charge < -0.3 is 9.47 Å². The number of hydrogen-bond acceptors (Lipinski definition) is 3. The van der Waals surface area contributed by atoms with E-state index in [9.17, 15) is 0 Å². The molecule has 5 heteroatoms. The number of halogens is 1. The summed E-state index contributed by atoms with van der Waals surface area (Å²) in [7, 11) is 1.67. The fourth-order valence-electron chi connectivity index (χ4n) is 3.21. The van der Waals surface area contributed by atoms with Crippen LogP contribution in [0.5, 0.6) is 5.75 Å². The third kappa shape index (κ3) is 4.42. The minimum absolute atomic E-state index is 0.370. The van der Waals surface area contributed by atoms with E-state index in [0.29, 0.717) is 13.3 Å². The Bertz CT molecular complexity index is 1080. The van der Waals surface area contributed by atoms with Crippen molar-refractivity contribution in [1.29, 1.82) is 0 Å². The van der Waals surface area contributed by atoms with E-state index < -0.39 is 0 Å². The summed E-state index contributed by atoms with van der Waals surface area (Å²) in [5.41, 5.74) is 4.95. The van der Waals surface area contributed by atoms with Crippen LogP contribution in [0.15, 0.2) is 89.4 Å². The number of methoxy groups -OCH3 is 1. The fraction of sp³-hybridized carbons (Fsp3) is 0.125. The van der Waals surface area contributed by atoms with Crippen molar-refractivity contribution < 1.29 is 9.47 Å². The summed E-state index contributed by atoms with van der Waals surface area (Å²) in [6, 6.07) is 28.3. The van der Waals surface area contributed by atoms with Gasteiger partial charge in [0.15, 0.2) is 0 Å². The van der Waals surface area contributed by atoms with Crippen LogP contribution in [0.1, 0.15) is 5.56 Å². The molecule has 0 aliphatic rings. The number of benzene rings is 3. The average Bonchev–Trinajstić information content (AvgIpc) is 3.17. The van der Waals surface area contributed by atoms with Crippen LogP contribution in [-0.2, 0) is 18.1 Å². The van der Waals surface area contributed by atoms with Gasteiger partial charge in [0.25, 0.3) is 0 Å². The van der Waals surface area contributed by atoms with E-state index in [0.717, 1.165) is 38.3 Å². The second kappa shape index (κ2) is 9.07. The predicted molar refractivity (Wildman–Crippen MR) is 119 cm³/mol. The lowest BCUT2D eigenvalue weighted by Gasteiger charge is -2.12.